The lowest BCUT2D eigenvalue weighted by atomic mass is 10.1. The summed E-state index contributed by atoms with van der Waals surface area (Å²) in [4.78, 5) is 27.0. The van der Waals surface area contributed by atoms with Crippen molar-refractivity contribution >= 4 is 11.8 Å². The summed E-state index contributed by atoms with van der Waals surface area (Å²) in [5, 5.41) is 11.5. The molecule has 30 heavy (non-hydrogen) atoms. The Labute approximate surface area is 175 Å². The minimum Gasteiger partial charge on any atom is -0.493 e. The second kappa shape index (κ2) is 11.2. The van der Waals surface area contributed by atoms with E-state index in [0.717, 1.165) is 0 Å². The van der Waals surface area contributed by atoms with Crippen molar-refractivity contribution in [3.8, 4) is 11.5 Å². The fourth-order valence-corrected chi connectivity index (χ4v) is 2.96. The molecule has 0 aliphatic rings. The van der Waals surface area contributed by atoms with Gasteiger partial charge in [0.05, 0.1) is 27.2 Å². The van der Waals surface area contributed by atoms with E-state index in [1.807, 2.05) is 0 Å². The van der Waals surface area contributed by atoms with Gasteiger partial charge in [-0.3, -0.25) is 9.59 Å². The number of aliphatic hydroxyl groups is 1. The number of rotatable bonds is 10. The van der Waals surface area contributed by atoms with Gasteiger partial charge in [-0.15, -0.1) is 0 Å². The number of aliphatic hydroxyl groups excluding tert-OH is 1. The van der Waals surface area contributed by atoms with Crippen LogP contribution in [-0.4, -0.2) is 55.2 Å². The number of hydrogen-bond acceptors (Lipinski definition) is 5. The molecule has 0 fully saturated rings. The SMILES string of the molecule is COc1ccc(CC(=O)N(Cc2ccc(F)cc2)C(C)C(=O)NCCO)cc1OC. The van der Waals surface area contributed by atoms with Gasteiger partial charge in [-0.05, 0) is 42.3 Å². The predicted molar refractivity (Wildman–Crippen MR) is 110 cm³/mol. The van der Waals surface area contributed by atoms with Crippen LogP contribution in [0, 0.1) is 5.82 Å². The summed E-state index contributed by atoms with van der Waals surface area (Å²) < 4.78 is 23.7. The number of hydrogen-bond donors (Lipinski definition) is 2. The smallest absolute Gasteiger partial charge is 0.242 e. The van der Waals surface area contributed by atoms with Crippen LogP contribution in [0.25, 0.3) is 0 Å². The molecule has 2 amide bonds. The molecule has 0 bridgehead atoms. The number of nitrogens with zero attached hydrogens (tertiary/aromatic N) is 1. The molecule has 1 atom stereocenters. The van der Waals surface area contributed by atoms with Crippen LogP contribution in [0.15, 0.2) is 42.5 Å². The maximum Gasteiger partial charge on any atom is 0.242 e. The first-order valence-corrected chi connectivity index (χ1v) is 9.53. The molecule has 2 aromatic carbocycles. The summed E-state index contributed by atoms with van der Waals surface area (Å²) in [5.41, 5.74) is 1.39. The Morgan fingerprint density at radius 3 is 2.30 bits per heavy atom. The topological polar surface area (TPSA) is 88.1 Å². The van der Waals surface area contributed by atoms with E-state index in [1.54, 1.807) is 37.3 Å². The van der Waals surface area contributed by atoms with Crippen LogP contribution in [0.5, 0.6) is 11.5 Å². The molecule has 162 valence electrons. The van der Waals surface area contributed by atoms with Crippen LogP contribution in [0.4, 0.5) is 4.39 Å². The summed E-state index contributed by atoms with van der Waals surface area (Å²) in [6.45, 7) is 1.65. The number of nitrogens with one attached hydrogen (secondary N) is 1. The summed E-state index contributed by atoms with van der Waals surface area (Å²) >= 11 is 0. The standard InChI is InChI=1S/C22H27FN2O5/c1-15(22(28)24-10-11-26)25(14-16-4-7-18(23)8-5-16)21(27)13-17-6-9-19(29-2)20(12-17)30-3/h4-9,12,15,26H,10-11,13-14H2,1-3H3,(H,24,28). The summed E-state index contributed by atoms with van der Waals surface area (Å²) in [6.07, 6.45) is 0.0408. The van der Waals surface area contributed by atoms with E-state index in [2.05, 4.69) is 5.32 Å². The van der Waals surface area contributed by atoms with Crippen LogP contribution in [0.3, 0.4) is 0 Å². The third-order valence-corrected chi connectivity index (χ3v) is 4.65. The highest BCUT2D eigenvalue weighted by Gasteiger charge is 2.26. The molecular weight excluding hydrogens is 391 g/mol. The first-order valence-electron chi connectivity index (χ1n) is 9.53. The van der Waals surface area contributed by atoms with E-state index in [9.17, 15) is 14.0 Å². The van der Waals surface area contributed by atoms with Crippen LogP contribution in [0.1, 0.15) is 18.1 Å². The van der Waals surface area contributed by atoms with Crippen LogP contribution < -0.4 is 14.8 Å². The number of carbonyl (C=O) groups is 2. The highest BCUT2D eigenvalue weighted by molar-refractivity contribution is 5.88. The van der Waals surface area contributed by atoms with Crippen molar-refractivity contribution in [1.29, 1.82) is 0 Å². The van der Waals surface area contributed by atoms with Gasteiger partial charge in [0.15, 0.2) is 11.5 Å². The number of ether oxygens (including phenoxy) is 2. The number of amides is 2. The van der Waals surface area contributed by atoms with Gasteiger partial charge in [0, 0.05) is 13.1 Å². The van der Waals surface area contributed by atoms with Gasteiger partial charge in [0.25, 0.3) is 0 Å². The lowest BCUT2D eigenvalue weighted by Crippen LogP contribution is -2.48. The molecule has 2 aromatic rings. The fraction of sp³-hybridized carbons (Fsp3) is 0.364. The molecule has 0 saturated heterocycles. The molecule has 0 aliphatic carbocycles. The van der Waals surface area contributed by atoms with Crippen molar-refractivity contribution in [1.82, 2.24) is 10.2 Å². The van der Waals surface area contributed by atoms with Crippen molar-refractivity contribution in [3.63, 3.8) is 0 Å². The van der Waals surface area contributed by atoms with Gasteiger partial charge < -0.3 is 24.8 Å². The molecule has 0 heterocycles. The van der Waals surface area contributed by atoms with E-state index < -0.39 is 6.04 Å². The van der Waals surface area contributed by atoms with E-state index in [1.165, 1.54) is 31.3 Å². The molecule has 7 nitrogen and oxygen atoms in total. The number of halogens is 1. The Hall–Kier alpha value is -3.13. The second-order valence-electron chi connectivity index (χ2n) is 6.70. The van der Waals surface area contributed by atoms with Crippen LogP contribution >= 0.6 is 0 Å². The van der Waals surface area contributed by atoms with E-state index in [0.29, 0.717) is 22.6 Å². The maximum atomic E-state index is 13.2. The molecule has 2 rings (SSSR count). The maximum absolute atomic E-state index is 13.2. The van der Waals surface area contributed by atoms with Crippen molar-refractivity contribution in [2.45, 2.75) is 25.9 Å². The van der Waals surface area contributed by atoms with Crippen LogP contribution in [0.2, 0.25) is 0 Å². The fourth-order valence-electron chi connectivity index (χ4n) is 2.96. The predicted octanol–water partition coefficient (Wildman–Crippen LogP) is 1.91. The Morgan fingerprint density at radius 1 is 1.07 bits per heavy atom. The van der Waals surface area contributed by atoms with Gasteiger partial charge in [-0.25, -0.2) is 4.39 Å². The molecule has 0 aliphatic heterocycles. The van der Waals surface area contributed by atoms with Crippen molar-refractivity contribution in [3.05, 3.63) is 59.4 Å². The zero-order valence-electron chi connectivity index (χ0n) is 17.4. The molecule has 0 spiro atoms. The Morgan fingerprint density at radius 2 is 1.70 bits per heavy atom. The molecular formula is C22H27FN2O5. The Balaban J connectivity index is 2.24. The minimum absolute atomic E-state index is 0.0408. The average molecular weight is 418 g/mol. The van der Waals surface area contributed by atoms with Gasteiger partial charge >= 0.3 is 0 Å². The van der Waals surface area contributed by atoms with Gasteiger partial charge in [-0.2, -0.15) is 0 Å². The normalized spacial score (nSPS) is 11.5. The summed E-state index contributed by atoms with van der Waals surface area (Å²) in [7, 11) is 3.04. The van der Waals surface area contributed by atoms with Gasteiger partial charge in [-0.1, -0.05) is 18.2 Å². The van der Waals surface area contributed by atoms with E-state index in [-0.39, 0.29) is 43.7 Å². The zero-order chi connectivity index (χ0) is 22.1. The minimum atomic E-state index is -0.783. The number of methoxy groups -OCH3 is 2. The van der Waals surface area contributed by atoms with E-state index in [4.69, 9.17) is 14.6 Å². The molecule has 0 saturated carbocycles. The molecule has 0 aromatic heterocycles. The third-order valence-electron chi connectivity index (χ3n) is 4.65. The largest absolute Gasteiger partial charge is 0.493 e. The summed E-state index contributed by atoms with van der Waals surface area (Å²) in [6, 6.07) is 10.2. The first kappa shape index (κ1) is 23.2. The monoisotopic (exact) mass is 418 g/mol. The average Bonchev–Trinajstić information content (AvgIpc) is 2.76. The lowest BCUT2D eigenvalue weighted by Gasteiger charge is -2.29. The van der Waals surface area contributed by atoms with Crippen LogP contribution in [-0.2, 0) is 22.6 Å². The van der Waals surface area contributed by atoms with Crippen molar-refractivity contribution < 1.29 is 28.6 Å². The van der Waals surface area contributed by atoms with Gasteiger partial charge in [0.1, 0.15) is 11.9 Å². The quantitative estimate of drug-likeness (QED) is 0.616. The lowest BCUT2D eigenvalue weighted by molar-refractivity contribution is -0.140. The molecule has 8 heteroatoms. The first-order chi connectivity index (χ1) is 14.4. The highest BCUT2D eigenvalue weighted by Crippen LogP contribution is 2.28. The molecule has 0 radical (unpaired) electrons. The number of benzene rings is 2. The molecule has 2 N–H and O–H groups in total. The highest BCUT2D eigenvalue weighted by atomic mass is 19.1. The van der Waals surface area contributed by atoms with Crippen molar-refractivity contribution in [2.24, 2.45) is 0 Å². The number of carbonyl (C=O) groups excluding carboxylic acids is 2. The van der Waals surface area contributed by atoms with Gasteiger partial charge in [0.2, 0.25) is 11.8 Å². The van der Waals surface area contributed by atoms with E-state index >= 15 is 0 Å². The third kappa shape index (κ3) is 6.18. The van der Waals surface area contributed by atoms with Crippen molar-refractivity contribution in [2.75, 3.05) is 27.4 Å². The summed E-state index contributed by atoms with van der Waals surface area (Å²) in [5.74, 6) is 0.0101. The second-order valence-corrected chi connectivity index (χ2v) is 6.70. The molecule has 1 unspecified atom stereocenters. The zero-order valence-corrected chi connectivity index (χ0v) is 17.4. The Kier molecular flexibility index (Phi) is 8.61. The Bertz CT molecular complexity index is 857.